The lowest BCUT2D eigenvalue weighted by Gasteiger charge is -2.17. The largest absolute Gasteiger partial charge is 0.396 e. The van der Waals surface area contributed by atoms with Crippen molar-refractivity contribution >= 4 is 22.8 Å². The second kappa shape index (κ2) is 17.5. The smallest absolute Gasteiger partial charge is 0.131 e. The van der Waals surface area contributed by atoms with Crippen molar-refractivity contribution in [1.29, 1.82) is 0 Å². The van der Waals surface area contributed by atoms with Crippen LogP contribution in [0.5, 0.6) is 0 Å². The normalized spacial score (nSPS) is 14.1. The number of piperidine rings is 1. The molecule has 0 amide bonds. The second-order valence-electron chi connectivity index (χ2n) is 11.1. The Hall–Kier alpha value is -1.91. The molecule has 36 heavy (non-hydrogen) atoms. The summed E-state index contributed by atoms with van der Waals surface area (Å²) >= 11 is 0. The highest BCUT2D eigenvalue weighted by Crippen LogP contribution is 2.28. The molecule has 2 aromatic rings. The molecule has 0 bridgehead atoms. The number of nitrogen functional groups attached to an aromatic ring is 1. The standard InChI is InChI=1S/C21H30N2.C6H14O.C5H11N/c1-5-7-9-15(3)13-19-16(4)18-12-11-17(10-8-6-2)14-20(18)23-21(19)22;1-4-6(2,3)5-7;1-2-4-6-5-3-1/h11-14H,5-10H2,1-4H3,(H2,22,23);7H,4-5H2,1-3H3;6H,1-5H2/b15-13+;;. The number of rotatable bonds is 9. The Bertz CT molecular complexity index is 896. The van der Waals surface area contributed by atoms with Gasteiger partial charge in [-0.15, -0.1) is 0 Å². The van der Waals surface area contributed by atoms with Crippen LogP contribution in [0, 0.1) is 12.3 Å². The van der Waals surface area contributed by atoms with E-state index in [-0.39, 0.29) is 5.41 Å². The van der Waals surface area contributed by atoms with Crippen LogP contribution in [-0.2, 0) is 6.42 Å². The molecule has 0 spiro atoms. The van der Waals surface area contributed by atoms with E-state index in [0.717, 1.165) is 30.3 Å². The van der Waals surface area contributed by atoms with Gasteiger partial charge in [0.05, 0.1) is 5.52 Å². The Labute approximate surface area is 222 Å². The van der Waals surface area contributed by atoms with Gasteiger partial charge in [0.1, 0.15) is 5.82 Å². The number of hydrogen-bond donors (Lipinski definition) is 3. The predicted octanol–water partition coefficient (Wildman–Crippen LogP) is 8.24. The molecule has 204 valence electrons. The molecule has 1 aromatic heterocycles. The number of unbranched alkanes of at least 4 members (excludes halogenated alkanes) is 2. The summed E-state index contributed by atoms with van der Waals surface area (Å²) in [6, 6.07) is 6.65. The van der Waals surface area contributed by atoms with E-state index >= 15 is 0 Å². The Morgan fingerprint density at radius 2 is 1.75 bits per heavy atom. The zero-order chi connectivity index (χ0) is 27.0. The number of nitrogens with two attached hydrogens (primary N) is 1. The van der Waals surface area contributed by atoms with Gasteiger partial charge in [0.2, 0.25) is 0 Å². The maximum Gasteiger partial charge on any atom is 0.131 e. The lowest BCUT2D eigenvalue weighted by atomic mass is 9.92. The molecule has 1 saturated heterocycles. The van der Waals surface area contributed by atoms with E-state index in [9.17, 15) is 0 Å². The van der Waals surface area contributed by atoms with E-state index in [0.29, 0.717) is 12.4 Å². The molecule has 1 fully saturated rings. The third-order valence-electron chi connectivity index (χ3n) is 7.11. The quantitative estimate of drug-likeness (QED) is 0.326. The van der Waals surface area contributed by atoms with Crippen LogP contribution < -0.4 is 11.1 Å². The van der Waals surface area contributed by atoms with Crippen LogP contribution in [0.4, 0.5) is 5.82 Å². The third kappa shape index (κ3) is 11.9. The zero-order valence-electron chi connectivity index (χ0n) is 24.5. The van der Waals surface area contributed by atoms with Gasteiger partial charge in [0.15, 0.2) is 0 Å². The highest BCUT2D eigenvalue weighted by atomic mass is 16.3. The van der Waals surface area contributed by atoms with Crippen LogP contribution in [0.15, 0.2) is 23.8 Å². The highest BCUT2D eigenvalue weighted by Gasteiger charge is 2.11. The number of benzene rings is 1. The van der Waals surface area contributed by atoms with Crippen LogP contribution in [-0.4, -0.2) is 29.8 Å². The average molecular weight is 498 g/mol. The lowest BCUT2D eigenvalue weighted by Crippen LogP contribution is -2.21. The SMILES string of the molecule is C1CCNCC1.CCC(C)(C)CO.CCCC/C(C)=C/c1c(N)nc2cc(CCCC)ccc2c1C. The summed E-state index contributed by atoms with van der Waals surface area (Å²) < 4.78 is 0. The van der Waals surface area contributed by atoms with Crippen molar-refractivity contribution < 1.29 is 5.11 Å². The van der Waals surface area contributed by atoms with Gasteiger partial charge < -0.3 is 16.2 Å². The number of pyridine rings is 1. The number of aromatic nitrogens is 1. The summed E-state index contributed by atoms with van der Waals surface area (Å²) in [6.07, 6.45) is 14.6. The molecule has 0 aliphatic carbocycles. The first-order valence-electron chi connectivity index (χ1n) is 14.4. The summed E-state index contributed by atoms with van der Waals surface area (Å²) in [5, 5.41) is 13.1. The summed E-state index contributed by atoms with van der Waals surface area (Å²) in [5.41, 5.74) is 12.5. The van der Waals surface area contributed by atoms with E-state index in [1.54, 1.807) is 0 Å². The van der Waals surface area contributed by atoms with E-state index in [2.05, 4.69) is 69.2 Å². The fraction of sp³-hybridized carbons (Fsp3) is 0.656. The van der Waals surface area contributed by atoms with Crippen LogP contribution in [0.3, 0.4) is 0 Å². The number of aliphatic hydroxyl groups excluding tert-OH is 1. The Morgan fingerprint density at radius 3 is 2.22 bits per heavy atom. The molecule has 1 aliphatic rings. The van der Waals surface area contributed by atoms with Crippen molar-refractivity contribution in [3.8, 4) is 0 Å². The molecule has 1 aromatic carbocycles. The molecule has 4 heteroatoms. The van der Waals surface area contributed by atoms with Crippen molar-refractivity contribution in [3.05, 3.63) is 40.5 Å². The number of allylic oxidation sites excluding steroid dienone is 1. The van der Waals surface area contributed by atoms with Gasteiger partial charge in [-0.3, -0.25) is 0 Å². The number of hydrogen-bond acceptors (Lipinski definition) is 4. The van der Waals surface area contributed by atoms with Gasteiger partial charge in [-0.05, 0) is 94.5 Å². The van der Waals surface area contributed by atoms with Gasteiger partial charge in [0.25, 0.3) is 0 Å². The maximum atomic E-state index is 8.59. The topological polar surface area (TPSA) is 71.2 Å². The van der Waals surface area contributed by atoms with E-state index in [4.69, 9.17) is 10.8 Å². The molecule has 1 aliphatic heterocycles. The summed E-state index contributed by atoms with van der Waals surface area (Å²) in [6.45, 7) is 17.8. The minimum absolute atomic E-state index is 0.139. The van der Waals surface area contributed by atoms with E-state index in [1.807, 2.05) is 13.8 Å². The van der Waals surface area contributed by atoms with Crippen molar-refractivity contribution in [2.75, 3.05) is 25.4 Å². The summed E-state index contributed by atoms with van der Waals surface area (Å²) in [5.74, 6) is 0.651. The van der Waals surface area contributed by atoms with Gasteiger partial charge in [-0.2, -0.15) is 0 Å². The zero-order valence-corrected chi connectivity index (χ0v) is 24.5. The molecule has 4 N–H and O–H groups in total. The van der Waals surface area contributed by atoms with Crippen LogP contribution >= 0.6 is 0 Å². The number of aliphatic hydroxyl groups is 1. The van der Waals surface area contributed by atoms with Gasteiger partial charge in [-0.1, -0.05) is 77.7 Å². The van der Waals surface area contributed by atoms with Crippen LogP contribution in [0.25, 0.3) is 17.0 Å². The molecule has 4 nitrogen and oxygen atoms in total. The Balaban J connectivity index is 0.000000406. The first kappa shape index (κ1) is 32.1. The fourth-order valence-electron chi connectivity index (χ4n) is 3.92. The van der Waals surface area contributed by atoms with Gasteiger partial charge in [-0.25, -0.2) is 4.98 Å². The Kier molecular flexibility index (Phi) is 15.6. The maximum absolute atomic E-state index is 8.59. The summed E-state index contributed by atoms with van der Waals surface area (Å²) in [7, 11) is 0. The third-order valence-corrected chi connectivity index (χ3v) is 7.11. The molecule has 0 unspecified atom stereocenters. The minimum Gasteiger partial charge on any atom is -0.396 e. The van der Waals surface area contributed by atoms with Crippen LogP contribution in [0.2, 0.25) is 0 Å². The number of anilines is 1. The van der Waals surface area contributed by atoms with Gasteiger partial charge >= 0.3 is 0 Å². The molecule has 0 radical (unpaired) electrons. The van der Waals surface area contributed by atoms with Crippen molar-refractivity contribution in [1.82, 2.24) is 10.3 Å². The fourth-order valence-corrected chi connectivity index (χ4v) is 3.92. The average Bonchev–Trinajstić information content (AvgIpc) is 2.90. The highest BCUT2D eigenvalue weighted by molar-refractivity contribution is 5.89. The molecule has 0 saturated carbocycles. The van der Waals surface area contributed by atoms with E-state index < -0.39 is 0 Å². The monoisotopic (exact) mass is 497 g/mol. The molecule has 2 heterocycles. The Morgan fingerprint density at radius 1 is 1.08 bits per heavy atom. The van der Waals surface area contributed by atoms with Crippen molar-refractivity contribution in [3.63, 3.8) is 0 Å². The lowest BCUT2D eigenvalue weighted by molar-refractivity contribution is 0.155. The van der Waals surface area contributed by atoms with Crippen LogP contribution in [0.1, 0.15) is 116 Å². The predicted molar refractivity (Wildman–Crippen MR) is 161 cm³/mol. The first-order chi connectivity index (χ1) is 17.2. The number of fused-ring (bicyclic) bond motifs is 1. The second-order valence-corrected chi connectivity index (χ2v) is 11.1. The number of nitrogens with one attached hydrogen (secondary N) is 1. The summed E-state index contributed by atoms with van der Waals surface area (Å²) in [4.78, 5) is 4.67. The van der Waals surface area contributed by atoms with E-state index in [1.165, 1.54) is 80.1 Å². The molecular weight excluding hydrogens is 442 g/mol. The molecule has 3 rings (SSSR count). The molecule has 0 atom stereocenters. The number of nitrogens with zero attached hydrogens (tertiary/aromatic N) is 1. The molecular formula is C32H55N3O. The number of aryl methyl sites for hydroxylation is 2. The first-order valence-corrected chi connectivity index (χ1v) is 14.4. The van der Waals surface area contributed by atoms with Crippen molar-refractivity contribution in [2.24, 2.45) is 5.41 Å². The minimum atomic E-state index is 0.139. The van der Waals surface area contributed by atoms with Crippen molar-refractivity contribution in [2.45, 2.75) is 113 Å². The van der Waals surface area contributed by atoms with Gasteiger partial charge in [0, 0.05) is 17.6 Å².